The van der Waals surface area contributed by atoms with Crippen molar-refractivity contribution in [2.45, 2.75) is 39.2 Å². The molecule has 0 aromatic carbocycles. The van der Waals surface area contributed by atoms with Crippen molar-refractivity contribution >= 4 is 5.91 Å². The molecular weight excluding hydrogens is 322 g/mol. The number of carbonyl (C=O) groups is 1. The van der Waals surface area contributed by atoms with Crippen LogP contribution in [0.3, 0.4) is 0 Å². The summed E-state index contributed by atoms with van der Waals surface area (Å²) in [6, 6.07) is 3.43. The van der Waals surface area contributed by atoms with E-state index in [-0.39, 0.29) is 12.0 Å². The maximum atomic E-state index is 12.4. The summed E-state index contributed by atoms with van der Waals surface area (Å²) in [7, 11) is 1.54. The van der Waals surface area contributed by atoms with Crippen molar-refractivity contribution in [2.24, 2.45) is 0 Å². The van der Waals surface area contributed by atoms with Crippen LogP contribution in [0.15, 0.2) is 12.1 Å². The summed E-state index contributed by atoms with van der Waals surface area (Å²) in [4.78, 5) is 14.3. The fourth-order valence-electron chi connectivity index (χ4n) is 3.03. The van der Waals surface area contributed by atoms with Crippen molar-refractivity contribution in [2.75, 3.05) is 20.2 Å². The van der Waals surface area contributed by atoms with Gasteiger partial charge in [0.25, 0.3) is 0 Å². The van der Waals surface area contributed by atoms with Crippen molar-refractivity contribution < 1.29 is 14.3 Å². The third-order valence-electron chi connectivity index (χ3n) is 4.48. The molecule has 1 saturated heterocycles. The molecule has 1 unspecified atom stereocenters. The monoisotopic (exact) mass is 345 g/mol. The van der Waals surface area contributed by atoms with E-state index in [0.29, 0.717) is 37.7 Å². The second-order valence-corrected chi connectivity index (χ2v) is 6.19. The first-order chi connectivity index (χ1) is 12.1. The fourth-order valence-corrected chi connectivity index (χ4v) is 3.03. The third-order valence-corrected chi connectivity index (χ3v) is 4.48. The minimum absolute atomic E-state index is 0.0518. The number of hydrogen-bond acceptors (Lipinski definition) is 6. The standard InChI is InChI=1S/C17H23N5O3/c1-11-14(12(2)19-18-11)4-7-17(23)22-9-8-13(10-22)25-16-6-5-15(24-3)20-21-16/h5-6,13H,4,7-10H2,1-3H3,(H,18,19). The summed E-state index contributed by atoms with van der Waals surface area (Å²) in [6.45, 7) is 5.22. The van der Waals surface area contributed by atoms with Crippen molar-refractivity contribution in [3.63, 3.8) is 0 Å². The molecule has 3 rings (SSSR count). The summed E-state index contributed by atoms with van der Waals surface area (Å²) >= 11 is 0. The second-order valence-electron chi connectivity index (χ2n) is 6.19. The summed E-state index contributed by atoms with van der Waals surface area (Å²) < 4.78 is 10.8. The van der Waals surface area contributed by atoms with E-state index >= 15 is 0 Å². The number of nitrogens with zero attached hydrogens (tertiary/aromatic N) is 4. The third kappa shape index (κ3) is 4.07. The highest BCUT2D eigenvalue weighted by Gasteiger charge is 2.28. The molecule has 0 radical (unpaired) electrons. The maximum absolute atomic E-state index is 12.4. The summed E-state index contributed by atoms with van der Waals surface area (Å²) in [5, 5.41) is 15.0. The first-order valence-electron chi connectivity index (χ1n) is 8.39. The van der Waals surface area contributed by atoms with Crippen molar-refractivity contribution in [1.29, 1.82) is 0 Å². The predicted octanol–water partition coefficient (Wildman–Crippen LogP) is 1.44. The molecule has 1 amide bonds. The van der Waals surface area contributed by atoms with Crippen LogP contribution in [0.5, 0.6) is 11.8 Å². The Hall–Kier alpha value is -2.64. The van der Waals surface area contributed by atoms with Crippen LogP contribution in [0.2, 0.25) is 0 Å². The predicted molar refractivity (Wildman–Crippen MR) is 90.6 cm³/mol. The Kier molecular flexibility index (Phi) is 5.16. The van der Waals surface area contributed by atoms with Crippen LogP contribution < -0.4 is 9.47 Å². The van der Waals surface area contributed by atoms with Crippen LogP contribution in [0.25, 0.3) is 0 Å². The number of aryl methyl sites for hydroxylation is 2. The minimum atomic E-state index is -0.0518. The molecule has 2 aromatic rings. The first kappa shape index (κ1) is 17.2. The topological polar surface area (TPSA) is 93.2 Å². The zero-order valence-electron chi connectivity index (χ0n) is 14.8. The molecule has 0 bridgehead atoms. The van der Waals surface area contributed by atoms with Crippen molar-refractivity contribution in [3.8, 4) is 11.8 Å². The number of H-pyrrole nitrogens is 1. The van der Waals surface area contributed by atoms with Gasteiger partial charge in [0.1, 0.15) is 6.10 Å². The van der Waals surface area contributed by atoms with Gasteiger partial charge in [-0.2, -0.15) is 5.10 Å². The molecule has 0 saturated carbocycles. The number of amides is 1. The number of aromatic amines is 1. The first-order valence-corrected chi connectivity index (χ1v) is 8.39. The Morgan fingerprint density at radius 1 is 1.32 bits per heavy atom. The number of hydrogen-bond donors (Lipinski definition) is 1. The molecular formula is C17H23N5O3. The summed E-state index contributed by atoms with van der Waals surface area (Å²) in [6.07, 6.45) is 1.93. The molecule has 1 atom stereocenters. The van der Waals surface area contributed by atoms with Crippen LogP contribution in [-0.4, -0.2) is 57.5 Å². The van der Waals surface area contributed by atoms with E-state index in [1.165, 1.54) is 7.11 Å². The number of aromatic nitrogens is 4. The second kappa shape index (κ2) is 7.50. The summed E-state index contributed by atoms with van der Waals surface area (Å²) in [5.74, 6) is 1.04. The largest absolute Gasteiger partial charge is 0.480 e. The lowest BCUT2D eigenvalue weighted by Gasteiger charge is -2.17. The molecule has 2 aromatic heterocycles. The molecule has 0 aliphatic carbocycles. The number of nitrogens with one attached hydrogen (secondary N) is 1. The fraction of sp³-hybridized carbons (Fsp3) is 0.529. The van der Waals surface area contributed by atoms with E-state index in [9.17, 15) is 4.79 Å². The van der Waals surface area contributed by atoms with Crippen LogP contribution in [0, 0.1) is 13.8 Å². The molecule has 1 aliphatic heterocycles. The van der Waals surface area contributed by atoms with Gasteiger partial charge < -0.3 is 14.4 Å². The quantitative estimate of drug-likeness (QED) is 0.851. The lowest BCUT2D eigenvalue weighted by atomic mass is 10.1. The van der Waals surface area contributed by atoms with Gasteiger partial charge in [-0.15, -0.1) is 10.2 Å². The van der Waals surface area contributed by atoms with E-state index in [0.717, 1.165) is 23.4 Å². The molecule has 1 aliphatic rings. The zero-order chi connectivity index (χ0) is 17.8. The zero-order valence-corrected chi connectivity index (χ0v) is 14.8. The molecule has 1 N–H and O–H groups in total. The number of likely N-dealkylation sites (tertiary alicyclic amines) is 1. The number of methoxy groups -OCH3 is 1. The number of ether oxygens (including phenoxy) is 2. The van der Waals surface area contributed by atoms with Gasteiger partial charge in [0.15, 0.2) is 0 Å². The molecule has 25 heavy (non-hydrogen) atoms. The average molecular weight is 345 g/mol. The van der Waals surface area contributed by atoms with E-state index in [2.05, 4.69) is 20.4 Å². The molecule has 8 nitrogen and oxygen atoms in total. The van der Waals surface area contributed by atoms with Gasteiger partial charge in [0.05, 0.1) is 19.3 Å². The molecule has 3 heterocycles. The van der Waals surface area contributed by atoms with Gasteiger partial charge in [-0.1, -0.05) is 0 Å². The van der Waals surface area contributed by atoms with Gasteiger partial charge >= 0.3 is 0 Å². The lowest BCUT2D eigenvalue weighted by molar-refractivity contribution is -0.130. The van der Waals surface area contributed by atoms with Crippen LogP contribution >= 0.6 is 0 Å². The van der Waals surface area contributed by atoms with Crippen LogP contribution in [0.1, 0.15) is 29.8 Å². The number of rotatable bonds is 6. The normalized spacial score (nSPS) is 16.9. The van der Waals surface area contributed by atoms with E-state index in [4.69, 9.17) is 9.47 Å². The smallest absolute Gasteiger partial charge is 0.233 e. The minimum Gasteiger partial charge on any atom is -0.480 e. The van der Waals surface area contributed by atoms with E-state index in [1.54, 1.807) is 12.1 Å². The molecule has 8 heteroatoms. The van der Waals surface area contributed by atoms with Crippen molar-refractivity contribution in [3.05, 3.63) is 29.1 Å². The summed E-state index contributed by atoms with van der Waals surface area (Å²) in [5.41, 5.74) is 3.13. The highest BCUT2D eigenvalue weighted by atomic mass is 16.5. The van der Waals surface area contributed by atoms with E-state index < -0.39 is 0 Å². The van der Waals surface area contributed by atoms with Gasteiger partial charge in [-0.25, -0.2) is 0 Å². The van der Waals surface area contributed by atoms with E-state index in [1.807, 2.05) is 18.7 Å². The highest BCUT2D eigenvalue weighted by molar-refractivity contribution is 5.76. The van der Waals surface area contributed by atoms with Gasteiger partial charge in [0.2, 0.25) is 17.7 Å². The Labute approximate surface area is 146 Å². The Bertz CT molecular complexity index is 709. The molecule has 134 valence electrons. The lowest BCUT2D eigenvalue weighted by Crippen LogP contribution is -2.31. The highest BCUT2D eigenvalue weighted by Crippen LogP contribution is 2.19. The SMILES string of the molecule is COc1ccc(OC2CCN(C(=O)CCc3c(C)n[nH]c3C)C2)nn1. The van der Waals surface area contributed by atoms with Crippen molar-refractivity contribution in [1.82, 2.24) is 25.3 Å². The van der Waals surface area contributed by atoms with Gasteiger partial charge in [0, 0.05) is 37.2 Å². The molecule has 1 fully saturated rings. The number of carbonyl (C=O) groups excluding carboxylic acids is 1. The Morgan fingerprint density at radius 3 is 2.72 bits per heavy atom. The van der Waals surface area contributed by atoms with Gasteiger partial charge in [-0.05, 0) is 25.8 Å². The maximum Gasteiger partial charge on any atom is 0.233 e. The molecule has 0 spiro atoms. The average Bonchev–Trinajstić information content (AvgIpc) is 3.21. The van der Waals surface area contributed by atoms with Gasteiger partial charge in [-0.3, -0.25) is 9.89 Å². The Balaban J connectivity index is 1.49. The van der Waals surface area contributed by atoms with Crippen LogP contribution in [0.4, 0.5) is 0 Å². The van der Waals surface area contributed by atoms with Crippen LogP contribution in [-0.2, 0) is 11.2 Å². The Morgan fingerprint density at radius 2 is 2.08 bits per heavy atom.